The Bertz CT molecular complexity index is 836. The maximum Gasteiger partial charge on any atom is 0.277 e. The van der Waals surface area contributed by atoms with E-state index < -0.39 is 0 Å². The zero-order valence-electron chi connectivity index (χ0n) is 12.0. The van der Waals surface area contributed by atoms with E-state index >= 15 is 0 Å². The molecule has 0 spiro atoms. The van der Waals surface area contributed by atoms with Crippen LogP contribution < -0.4 is 0 Å². The molecule has 3 aromatic rings. The second-order valence-corrected chi connectivity index (χ2v) is 5.72. The molecule has 4 nitrogen and oxygen atoms in total. The van der Waals surface area contributed by atoms with Crippen LogP contribution in [0, 0.1) is 18.3 Å². The van der Waals surface area contributed by atoms with Gasteiger partial charge in [0.05, 0.1) is 11.6 Å². The average Bonchev–Trinajstić information content (AvgIpc) is 3.02. The van der Waals surface area contributed by atoms with Gasteiger partial charge >= 0.3 is 0 Å². The van der Waals surface area contributed by atoms with Gasteiger partial charge in [0.25, 0.3) is 5.22 Å². The van der Waals surface area contributed by atoms with Gasteiger partial charge < -0.3 is 4.42 Å². The molecule has 0 amide bonds. The Morgan fingerprint density at radius 2 is 2.00 bits per heavy atom. The summed E-state index contributed by atoms with van der Waals surface area (Å²) in [5, 5.41) is 17.6. The van der Waals surface area contributed by atoms with Crippen LogP contribution in [0.3, 0.4) is 0 Å². The summed E-state index contributed by atoms with van der Waals surface area (Å²) in [6, 6.07) is 17.6. The van der Waals surface area contributed by atoms with Crippen molar-refractivity contribution in [3.05, 3.63) is 65.2 Å². The Morgan fingerprint density at radius 3 is 2.82 bits per heavy atom. The maximum absolute atomic E-state index is 8.90. The second-order valence-electron chi connectivity index (χ2n) is 4.79. The van der Waals surface area contributed by atoms with E-state index in [-0.39, 0.29) is 0 Å². The minimum atomic E-state index is 0.528. The quantitative estimate of drug-likeness (QED) is 0.676. The highest BCUT2D eigenvalue weighted by Crippen LogP contribution is 2.27. The molecular formula is C17H13N3OS. The number of aromatic nitrogens is 2. The third-order valence-electron chi connectivity index (χ3n) is 3.20. The highest BCUT2D eigenvalue weighted by atomic mass is 32.2. The van der Waals surface area contributed by atoms with Crippen molar-refractivity contribution in [2.45, 2.75) is 17.9 Å². The number of thioether (sulfide) groups is 1. The van der Waals surface area contributed by atoms with Crippen LogP contribution in [0.4, 0.5) is 0 Å². The van der Waals surface area contributed by atoms with Crippen molar-refractivity contribution in [3.8, 4) is 17.5 Å². The van der Waals surface area contributed by atoms with Crippen LogP contribution in [-0.4, -0.2) is 10.2 Å². The Kier molecular flexibility index (Phi) is 4.22. The van der Waals surface area contributed by atoms with Crippen LogP contribution in [-0.2, 0) is 5.75 Å². The smallest absolute Gasteiger partial charge is 0.277 e. The molecule has 1 aromatic heterocycles. The molecule has 0 radical (unpaired) electrons. The van der Waals surface area contributed by atoms with Gasteiger partial charge in [-0.15, -0.1) is 10.2 Å². The van der Waals surface area contributed by atoms with E-state index in [0.717, 1.165) is 16.7 Å². The van der Waals surface area contributed by atoms with Gasteiger partial charge in [0.1, 0.15) is 0 Å². The first kappa shape index (κ1) is 14.4. The Hall–Kier alpha value is -2.58. The first-order valence-electron chi connectivity index (χ1n) is 6.77. The number of nitriles is 1. The predicted octanol–water partition coefficient (Wildman–Crippen LogP) is 4.21. The molecule has 0 aliphatic rings. The summed E-state index contributed by atoms with van der Waals surface area (Å²) in [5.74, 6) is 1.22. The molecular weight excluding hydrogens is 294 g/mol. The zero-order valence-corrected chi connectivity index (χ0v) is 12.8. The van der Waals surface area contributed by atoms with Crippen molar-refractivity contribution in [1.29, 1.82) is 5.26 Å². The Labute approximate surface area is 132 Å². The molecule has 3 rings (SSSR count). The zero-order chi connectivity index (χ0) is 15.4. The number of hydrogen-bond donors (Lipinski definition) is 0. The average molecular weight is 307 g/mol. The predicted molar refractivity (Wildman–Crippen MR) is 85.2 cm³/mol. The highest BCUT2D eigenvalue weighted by molar-refractivity contribution is 7.98. The van der Waals surface area contributed by atoms with Crippen LogP contribution in [0.15, 0.2) is 58.2 Å². The van der Waals surface area contributed by atoms with Crippen molar-refractivity contribution < 1.29 is 4.42 Å². The number of aryl methyl sites for hydroxylation is 1. The van der Waals surface area contributed by atoms with E-state index in [1.807, 2.05) is 49.4 Å². The lowest BCUT2D eigenvalue weighted by molar-refractivity contribution is 0.465. The lowest BCUT2D eigenvalue weighted by Crippen LogP contribution is -1.82. The monoisotopic (exact) mass is 307 g/mol. The van der Waals surface area contributed by atoms with E-state index in [1.54, 1.807) is 6.07 Å². The van der Waals surface area contributed by atoms with Gasteiger partial charge in [0.15, 0.2) is 0 Å². The van der Waals surface area contributed by atoms with E-state index in [4.69, 9.17) is 9.68 Å². The minimum Gasteiger partial charge on any atom is -0.411 e. The topological polar surface area (TPSA) is 62.7 Å². The molecule has 0 saturated heterocycles. The van der Waals surface area contributed by atoms with Crippen LogP contribution >= 0.6 is 11.8 Å². The van der Waals surface area contributed by atoms with Crippen LogP contribution in [0.25, 0.3) is 11.5 Å². The fourth-order valence-electron chi connectivity index (χ4n) is 2.07. The van der Waals surface area contributed by atoms with Gasteiger partial charge in [-0.2, -0.15) is 5.26 Å². The summed E-state index contributed by atoms with van der Waals surface area (Å²) in [5.41, 5.74) is 3.77. The van der Waals surface area contributed by atoms with Crippen molar-refractivity contribution in [1.82, 2.24) is 10.2 Å². The van der Waals surface area contributed by atoms with Gasteiger partial charge in [-0.25, -0.2) is 0 Å². The molecule has 0 fully saturated rings. The number of rotatable bonds is 4. The fraction of sp³-hybridized carbons (Fsp3) is 0.118. The first-order chi connectivity index (χ1) is 10.8. The fourth-order valence-corrected chi connectivity index (χ4v) is 2.77. The van der Waals surface area contributed by atoms with Gasteiger partial charge in [0.2, 0.25) is 5.89 Å². The normalized spacial score (nSPS) is 10.4. The van der Waals surface area contributed by atoms with Gasteiger partial charge in [-0.05, 0) is 36.2 Å². The van der Waals surface area contributed by atoms with E-state index in [0.29, 0.717) is 22.4 Å². The molecule has 5 heteroatoms. The summed E-state index contributed by atoms with van der Waals surface area (Å²) in [4.78, 5) is 0. The maximum atomic E-state index is 8.90. The third-order valence-corrected chi connectivity index (χ3v) is 4.09. The third kappa shape index (κ3) is 3.18. The molecule has 0 unspecified atom stereocenters. The molecule has 1 heterocycles. The summed E-state index contributed by atoms with van der Waals surface area (Å²) >= 11 is 1.46. The standard InChI is InChI=1S/C17H13N3OS/c1-12-5-2-3-8-15(12)16-19-20-17(21-16)22-11-14-7-4-6-13(9-14)10-18/h2-9H,11H2,1H3. The van der Waals surface area contributed by atoms with Crippen molar-refractivity contribution in [3.63, 3.8) is 0 Å². The SMILES string of the molecule is Cc1ccccc1-c1nnc(SCc2cccc(C#N)c2)o1. The lowest BCUT2D eigenvalue weighted by Gasteiger charge is -1.99. The summed E-state index contributed by atoms with van der Waals surface area (Å²) in [6.07, 6.45) is 0. The van der Waals surface area contributed by atoms with E-state index in [9.17, 15) is 0 Å². The number of nitrogens with zero attached hydrogens (tertiary/aromatic N) is 3. The lowest BCUT2D eigenvalue weighted by atomic mass is 10.1. The largest absolute Gasteiger partial charge is 0.411 e. The van der Waals surface area contributed by atoms with E-state index in [1.165, 1.54) is 11.8 Å². The van der Waals surface area contributed by atoms with Gasteiger partial charge in [0, 0.05) is 11.3 Å². The number of hydrogen-bond acceptors (Lipinski definition) is 5. The van der Waals surface area contributed by atoms with Crippen molar-refractivity contribution in [2.75, 3.05) is 0 Å². The minimum absolute atomic E-state index is 0.528. The molecule has 0 aliphatic heterocycles. The van der Waals surface area contributed by atoms with Crippen molar-refractivity contribution >= 4 is 11.8 Å². The summed E-state index contributed by atoms with van der Waals surface area (Å²) in [7, 11) is 0. The van der Waals surface area contributed by atoms with Crippen LogP contribution in [0.5, 0.6) is 0 Å². The summed E-state index contributed by atoms with van der Waals surface area (Å²) < 4.78 is 5.70. The molecule has 0 aliphatic carbocycles. The van der Waals surface area contributed by atoms with Crippen LogP contribution in [0.1, 0.15) is 16.7 Å². The molecule has 0 saturated carbocycles. The number of benzene rings is 2. The molecule has 22 heavy (non-hydrogen) atoms. The molecule has 108 valence electrons. The molecule has 2 aromatic carbocycles. The molecule has 0 bridgehead atoms. The molecule has 0 atom stereocenters. The van der Waals surface area contributed by atoms with Crippen LogP contribution in [0.2, 0.25) is 0 Å². The second kappa shape index (κ2) is 6.46. The summed E-state index contributed by atoms with van der Waals surface area (Å²) in [6.45, 7) is 2.01. The van der Waals surface area contributed by atoms with Gasteiger partial charge in [-0.3, -0.25) is 0 Å². The van der Waals surface area contributed by atoms with Crippen molar-refractivity contribution in [2.24, 2.45) is 0 Å². The Morgan fingerprint density at radius 1 is 1.14 bits per heavy atom. The highest BCUT2D eigenvalue weighted by Gasteiger charge is 2.11. The van der Waals surface area contributed by atoms with E-state index in [2.05, 4.69) is 16.3 Å². The Balaban J connectivity index is 1.72. The first-order valence-corrected chi connectivity index (χ1v) is 7.76. The molecule has 0 N–H and O–H groups in total. The van der Waals surface area contributed by atoms with Gasteiger partial charge in [-0.1, -0.05) is 42.1 Å².